The van der Waals surface area contributed by atoms with Crippen molar-refractivity contribution in [1.29, 1.82) is 0 Å². The normalized spacial score (nSPS) is 10.7. The predicted molar refractivity (Wildman–Crippen MR) is 59.5 cm³/mol. The number of rotatable bonds is 5. The Bertz CT molecular complexity index is 277. The molecule has 0 aliphatic carbocycles. The summed E-state index contributed by atoms with van der Waals surface area (Å²) in [5.41, 5.74) is 6.71. The number of hydrogen-bond acceptors (Lipinski definition) is 2. The highest BCUT2D eigenvalue weighted by Crippen LogP contribution is 2.12. The Labute approximate surface area is 85.4 Å². The van der Waals surface area contributed by atoms with Gasteiger partial charge in [0, 0.05) is 0 Å². The monoisotopic (exact) mass is 191 g/mol. The van der Waals surface area contributed by atoms with Crippen LogP contribution in [0.1, 0.15) is 12.5 Å². The van der Waals surface area contributed by atoms with Crippen molar-refractivity contribution in [2.45, 2.75) is 13.3 Å². The van der Waals surface area contributed by atoms with E-state index in [1.54, 1.807) is 0 Å². The van der Waals surface area contributed by atoms with Gasteiger partial charge in [0.15, 0.2) is 0 Å². The van der Waals surface area contributed by atoms with E-state index >= 15 is 0 Å². The molecule has 1 aromatic rings. The zero-order valence-corrected chi connectivity index (χ0v) is 8.57. The molecule has 0 radical (unpaired) electrons. The topological polar surface area (TPSA) is 35.2 Å². The Hall–Kier alpha value is -1.28. The molecule has 2 nitrogen and oxygen atoms in total. The second-order valence-corrected chi connectivity index (χ2v) is 3.06. The Morgan fingerprint density at radius 2 is 2.00 bits per heavy atom. The van der Waals surface area contributed by atoms with E-state index in [0.717, 1.165) is 12.2 Å². The van der Waals surface area contributed by atoms with Crippen molar-refractivity contribution in [3.63, 3.8) is 0 Å². The molecule has 0 unspecified atom stereocenters. The SMILES string of the molecule is CC=CCOc1ccc(CCN)cc1. The third-order valence-electron chi connectivity index (χ3n) is 1.94. The van der Waals surface area contributed by atoms with Crippen molar-refractivity contribution in [3.8, 4) is 5.75 Å². The molecule has 14 heavy (non-hydrogen) atoms. The first-order chi connectivity index (χ1) is 6.86. The minimum Gasteiger partial charge on any atom is -0.490 e. The third kappa shape index (κ3) is 3.62. The maximum absolute atomic E-state index is 5.46. The molecule has 2 N–H and O–H groups in total. The summed E-state index contributed by atoms with van der Waals surface area (Å²) in [7, 11) is 0. The molecule has 0 spiro atoms. The molecular formula is C12H17NO. The first-order valence-electron chi connectivity index (χ1n) is 4.89. The Morgan fingerprint density at radius 1 is 1.29 bits per heavy atom. The van der Waals surface area contributed by atoms with Crippen LogP contribution >= 0.6 is 0 Å². The van der Waals surface area contributed by atoms with Gasteiger partial charge in [0.05, 0.1) is 0 Å². The first kappa shape index (κ1) is 10.8. The molecule has 0 bridgehead atoms. The van der Waals surface area contributed by atoms with Crippen molar-refractivity contribution in [1.82, 2.24) is 0 Å². The van der Waals surface area contributed by atoms with Crippen LogP contribution < -0.4 is 10.5 Å². The zero-order chi connectivity index (χ0) is 10.2. The third-order valence-corrected chi connectivity index (χ3v) is 1.94. The lowest BCUT2D eigenvalue weighted by Gasteiger charge is -2.04. The second kappa shape index (κ2) is 6.22. The highest BCUT2D eigenvalue weighted by Gasteiger charge is 1.93. The minimum atomic E-state index is 0.632. The average molecular weight is 191 g/mol. The van der Waals surface area contributed by atoms with Crippen molar-refractivity contribution in [2.75, 3.05) is 13.2 Å². The van der Waals surface area contributed by atoms with Crippen LogP contribution in [0.4, 0.5) is 0 Å². The maximum Gasteiger partial charge on any atom is 0.119 e. The fourth-order valence-electron chi connectivity index (χ4n) is 1.16. The van der Waals surface area contributed by atoms with Crippen molar-refractivity contribution in [2.24, 2.45) is 5.73 Å². The van der Waals surface area contributed by atoms with E-state index in [-0.39, 0.29) is 0 Å². The van der Waals surface area contributed by atoms with E-state index in [0.29, 0.717) is 13.2 Å². The van der Waals surface area contributed by atoms with Crippen molar-refractivity contribution in [3.05, 3.63) is 42.0 Å². The van der Waals surface area contributed by atoms with Crippen LogP contribution in [0, 0.1) is 0 Å². The summed E-state index contributed by atoms with van der Waals surface area (Å²) >= 11 is 0. The van der Waals surface area contributed by atoms with Crippen LogP contribution in [0.25, 0.3) is 0 Å². The van der Waals surface area contributed by atoms with Gasteiger partial charge in [0.25, 0.3) is 0 Å². The molecule has 0 aliphatic rings. The van der Waals surface area contributed by atoms with Gasteiger partial charge in [0.1, 0.15) is 12.4 Å². The summed E-state index contributed by atoms with van der Waals surface area (Å²) in [4.78, 5) is 0. The molecule has 0 aliphatic heterocycles. The van der Waals surface area contributed by atoms with Crippen LogP contribution in [0.3, 0.4) is 0 Å². The van der Waals surface area contributed by atoms with Gasteiger partial charge in [-0.05, 0) is 37.6 Å². The molecule has 0 fully saturated rings. The maximum atomic E-state index is 5.46. The van der Waals surface area contributed by atoms with Crippen LogP contribution in [0.5, 0.6) is 5.75 Å². The summed E-state index contributed by atoms with van der Waals surface area (Å²) in [6.07, 6.45) is 4.88. The number of benzene rings is 1. The van der Waals surface area contributed by atoms with E-state index in [1.165, 1.54) is 5.56 Å². The lowest BCUT2D eigenvalue weighted by atomic mass is 10.1. The van der Waals surface area contributed by atoms with E-state index < -0.39 is 0 Å². The Morgan fingerprint density at radius 3 is 2.57 bits per heavy atom. The number of ether oxygens (including phenoxy) is 1. The van der Waals surface area contributed by atoms with Gasteiger partial charge in [-0.2, -0.15) is 0 Å². The van der Waals surface area contributed by atoms with Crippen LogP contribution in [0.2, 0.25) is 0 Å². The molecule has 0 atom stereocenters. The largest absolute Gasteiger partial charge is 0.490 e. The first-order valence-corrected chi connectivity index (χ1v) is 4.89. The van der Waals surface area contributed by atoms with Crippen molar-refractivity contribution < 1.29 is 4.74 Å². The molecule has 2 heteroatoms. The van der Waals surface area contributed by atoms with Crippen molar-refractivity contribution >= 4 is 0 Å². The van der Waals surface area contributed by atoms with Gasteiger partial charge in [-0.1, -0.05) is 24.3 Å². The summed E-state index contributed by atoms with van der Waals surface area (Å²) in [5, 5.41) is 0. The van der Waals surface area contributed by atoms with E-state index in [2.05, 4.69) is 12.1 Å². The highest BCUT2D eigenvalue weighted by atomic mass is 16.5. The molecule has 1 aromatic carbocycles. The molecule has 0 aromatic heterocycles. The van der Waals surface area contributed by atoms with Crippen LogP contribution in [-0.4, -0.2) is 13.2 Å². The Balaban J connectivity index is 2.46. The summed E-state index contributed by atoms with van der Waals surface area (Å²) in [6.45, 7) is 3.30. The lowest BCUT2D eigenvalue weighted by molar-refractivity contribution is 0.362. The molecule has 0 saturated carbocycles. The molecule has 0 heterocycles. The summed E-state index contributed by atoms with van der Waals surface area (Å²) in [5.74, 6) is 0.906. The van der Waals surface area contributed by atoms with E-state index in [1.807, 2.05) is 31.2 Å². The lowest BCUT2D eigenvalue weighted by Crippen LogP contribution is -2.02. The molecular weight excluding hydrogens is 174 g/mol. The van der Waals surface area contributed by atoms with Crippen LogP contribution in [0.15, 0.2) is 36.4 Å². The molecule has 0 saturated heterocycles. The average Bonchev–Trinajstić information content (AvgIpc) is 2.21. The quantitative estimate of drug-likeness (QED) is 0.724. The van der Waals surface area contributed by atoms with E-state index in [4.69, 9.17) is 10.5 Å². The number of hydrogen-bond donors (Lipinski definition) is 1. The van der Waals surface area contributed by atoms with E-state index in [9.17, 15) is 0 Å². The van der Waals surface area contributed by atoms with Gasteiger partial charge >= 0.3 is 0 Å². The fourth-order valence-corrected chi connectivity index (χ4v) is 1.16. The minimum absolute atomic E-state index is 0.632. The standard InChI is InChI=1S/C12H17NO/c1-2-3-10-14-12-6-4-11(5-7-12)8-9-13/h2-7H,8-10,13H2,1H3. The van der Waals surface area contributed by atoms with Gasteiger partial charge in [0.2, 0.25) is 0 Å². The van der Waals surface area contributed by atoms with Gasteiger partial charge < -0.3 is 10.5 Å². The number of nitrogens with two attached hydrogens (primary N) is 1. The second-order valence-electron chi connectivity index (χ2n) is 3.06. The van der Waals surface area contributed by atoms with Crippen LogP contribution in [-0.2, 0) is 6.42 Å². The number of allylic oxidation sites excluding steroid dienone is 1. The molecule has 1 rings (SSSR count). The van der Waals surface area contributed by atoms with Gasteiger partial charge in [-0.15, -0.1) is 0 Å². The highest BCUT2D eigenvalue weighted by molar-refractivity contribution is 5.27. The summed E-state index contributed by atoms with van der Waals surface area (Å²) in [6, 6.07) is 8.07. The molecule has 76 valence electrons. The molecule has 0 amide bonds. The van der Waals surface area contributed by atoms with Gasteiger partial charge in [-0.25, -0.2) is 0 Å². The fraction of sp³-hybridized carbons (Fsp3) is 0.333. The zero-order valence-electron chi connectivity index (χ0n) is 8.57. The summed E-state index contributed by atoms with van der Waals surface area (Å²) < 4.78 is 5.46. The predicted octanol–water partition coefficient (Wildman–Crippen LogP) is 2.14. The smallest absolute Gasteiger partial charge is 0.119 e. The van der Waals surface area contributed by atoms with Gasteiger partial charge in [-0.3, -0.25) is 0 Å². The Kier molecular flexibility index (Phi) is 4.79.